The number of methoxy groups -OCH3 is 1. The first-order chi connectivity index (χ1) is 11.2. The molecule has 0 saturated carbocycles. The summed E-state index contributed by atoms with van der Waals surface area (Å²) in [6, 6.07) is 7.91. The van der Waals surface area contributed by atoms with Crippen LogP contribution in [0, 0.1) is 6.92 Å². The van der Waals surface area contributed by atoms with E-state index in [0.717, 1.165) is 28.6 Å². The van der Waals surface area contributed by atoms with Gasteiger partial charge in [-0.1, -0.05) is 17.3 Å². The molecule has 3 rings (SSSR count). The lowest BCUT2D eigenvalue weighted by Gasteiger charge is -2.12. The van der Waals surface area contributed by atoms with Crippen LogP contribution < -0.4 is 4.74 Å². The highest BCUT2D eigenvalue weighted by molar-refractivity contribution is 7.13. The van der Waals surface area contributed by atoms with E-state index >= 15 is 0 Å². The zero-order valence-electron chi connectivity index (χ0n) is 13.3. The van der Waals surface area contributed by atoms with Gasteiger partial charge in [-0.25, -0.2) is 4.98 Å². The predicted molar refractivity (Wildman–Crippen MR) is 88.3 cm³/mol. The molecule has 0 atom stereocenters. The molecule has 0 amide bonds. The average molecular weight is 330 g/mol. The van der Waals surface area contributed by atoms with Crippen molar-refractivity contribution in [2.75, 3.05) is 14.2 Å². The maximum absolute atomic E-state index is 5.40. The Balaban J connectivity index is 1.69. The molecule has 0 aliphatic carbocycles. The molecule has 23 heavy (non-hydrogen) atoms. The molecule has 3 aromatic rings. The van der Waals surface area contributed by atoms with E-state index in [9.17, 15) is 0 Å². The fourth-order valence-corrected chi connectivity index (χ4v) is 3.14. The molecular weight excluding hydrogens is 312 g/mol. The number of para-hydroxylation sites is 1. The van der Waals surface area contributed by atoms with E-state index in [2.05, 4.69) is 20.4 Å². The second-order valence-electron chi connectivity index (χ2n) is 5.25. The molecule has 2 heterocycles. The lowest BCUT2D eigenvalue weighted by atomic mass is 10.2. The Labute approximate surface area is 138 Å². The minimum atomic E-state index is 0.584. The summed E-state index contributed by atoms with van der Waals surface area (Å²) in [6.45, 7) is 3.13. The Morgan fingerprint density at radius 2 is 2.04 bits per heavy atom. The van der Waals surface area contributed by atoms with Crippen LogP contribution in [0.2, 0.25) is 0 Å². The fraction of sp³-hybridized carbons (Fsp3) is 0.312. The highest BCUT2D eigenvalue weighted by Crippen LogP contribution is 2.32. The van der Waals surface area contributed by atoms with E-state index in [1.54, 1.807) is 25.4 Å². The van der Waals surface area contributed by atoms with Crippen LogP contribution in [0.1, 0.15) is 17.4 Å². The van der Waals surface area contributed by atoms with Crippen molar-refractivity contribution in [2.45, 2.75) is 20.0 Å². The van der Waals surface area contributed by atoms with Gasteiger partial charge in [-0.3, -0.25) is 4.90 Å². The summed E-state index contributed by atoms with van der Waals surface area (Å²) in [5.41, 5.74) is 2.03. The van der Waals surface area contributed by atoms with Crippen molar-refractivity contribution in [2.24, 2.45) is 0 Å². The summed E-state index contributed by atoms with van der Waals surface area (Å²) in [6.07, 6.45) is 0. The second kappa shape index (κ2) is 6.89. The van der Waals surface area contributed by atoms with Crippen molar-refractivity contribution in [1.82, 2.24) is 20.0 Å². The third-order valence-electron chi connectivity index (χ3n) is 3.30. The van der Waals surface area contributed by atoms with Gasteiger partial charge in [0.1, 0.15) is 10.8 Å². The average Bonchev–Trinajstić information content (AvgIpc) is 3.16. The van der Waals surface area contributed by atoms with Crippen molar-refractivity contribution in [3.63, 3.8) is 0 Å². The van der Waals surface area contributed by atoms with Gasteiger partial charge in [0, 0.05) is 18.8 Å². The largest absolute Gasteiger partial charge is 0.496 e. The summed E-state index contributed by atoms with van der Waals surface area (Å²) in [7, 11) is 3.68. The van der Waals surface area contributed by atoms with E-state index < -0.39 is 0 Å². The summed E-state index contributed by atoms with van der Waals surface area (Å²) < 4.78 is 10.4. The van der Waals surface area contributed by atoms with E-state index in [4.69, 9.17) is 14.2 Å². The minimum Gasteiger partial charge on any atom is -0.496 e. The number of ether oxygens (including phenoxy) is 1. The number of hydrogen-bond donors (Lipinski definition) is 0. The van der Waals surface area contributed by atoms with Crippen molar-refractivity contribution in [3.05, 3.63) is 47.1 Å². The minimum absolute atomic E-state index is 0.584. The van der Waals surface area contributed by atoms with E-state index in [-0.39, 0.29) is 0 Å². The first kappa shape index (κ1) is 15.6. The third kappa shape index (κ3) is 3.75. The Kier molecular flexibility index (Phi) is 4.68. The smallest absolute Gasteiger partial charge is 0.223 e. The van der Waals surface area contributed by atoms with Crippen molar-refractivity contribution >= 4 is 11.3 Å². The molecule has 0 saturated heterocycles. The molecule has 7 heteroatoms. The van der Waals surface area contributed by atoms with Crippen LogP contribution in [0.25, 0.3) is 10.6 Å². The van der Waals surface area contributed by atoms with Crippen LogP contribution in [0.15, 0.2) is 34.2 Å². The molecule has 6 nitrogen and oxygen atoms in total. The number of thiazole rings is 1. The Bertz CT molecular complexity index is 784. The molecule has 2 aromatic heterocycles. The van der Waals surface area contributed by atoms with Crippen LogP contribution in [-0.4, -0.2) is 34.2 Å². The first-order valence-electron chi connectivity index (χ1n) is 7.21. The van der Waals surface area contributed by atoms with Gasteiger partial charge in [0.15, 0.2) is 5.82 Å². The van der Waals surface area contributed by atoms with Gasteiger partial charge in [0.25, 0.3) is 0 Å². The third-order valence-corrected chi connectivity index (χ3v) is 4.23. The second-order valence-corrected chi connectivity index (χ2v) is 6.10. The summed E-state index contributed by atoms with van der Waals surface area (Å²) in [5.74, 6) is 2.11. The summed E-state index contributed by atoms with van der Waals surface area (Å²) in [4.78, 5) is 11.0. The Morgan fingerprint density at radius 3 is 2.78 bits per heavy atom. The molecule has 0 N–H and O–H groups in total. The summed E-state index contributed by atoms with van der Waals surface area (Å²) in [5, 5.41) is 6.94. The Morgan fingerprint density at radius 1 is 1.22 bits per heavy atom. The van der Waals surface area contributed by atoms with Gasteiger partial charge in [-0.05, 0) is 19.2 Å². The fourth-order valence-electron chi connectivity index (χ4n) is 2.30. The highest BCUT2D eigenvalue weighted by atomic mass is 32.1. The SMILES string of the molecule is COc1ccccc1-c1nc(CN(C)Cc2noc(C)n2)cs1. The van der Waals surface area contributed by atoms with Gasteiger partial charge in [0.05, 0.1) is 24.9 Å². The molecule has 0 unspecified atom stereocenters. The monoisotopic (exact) mass is 330 g/mol. The van der Waals surface area contributed by atoms with Crippen LogP contribution in [-0.2, 0) is 13.1 Å². The van der Waals surface area contributed by atoms with Gasteiger partial charge < -0.3 is 9.26 Å². The lowest BCUT2D eigenvalue weighted by Crippen LogP contribution is -2.18. The van der Waals surface area contributed by atoms with Crippen molar-refractivity contribution < 1.29 is 9.26 Å². The standard InChI is InChI=1S/C16H18N4O2S/c1-11-17-15(19-22-11)9-20(2)8-12-10-23-16(18-12)13-6-4-5-7-14(13)21-3/h4-7,10H,8-9H2,1-3H3. The molecule has 120 valence electrons. The molecule has 0 radical (unpaired) electrons. The molecule has 0 aliphatic rings. The van der Waals surface area contributed by atoms with Crippen molar-refractivity contribution in [1.29, 1.82) is 0 Å². The topological polar surface area (TPSA) is 64.3 Å². The normalized spacial score (nSPS) is 11.1. The molecule has 0 fully saturated rings. The quantitative estimate of drug-likeness (QED) is 0.692. The van der Waals surface area contributed by atoms with Crippen LogP contribution in [0.4, 0.5) is 0 Å². The number of nitrogens with zero attached hydrogens (tertiary/aromatic N) is 4. The van der Waals surface area contributed by atoms with Crippen LogP contribution in [0.5, 0.6) is 5.75 Å². The first-order valence-corrected chi connectivity index (χ1v) is 8.09. The number of rotatable bonds is 6. The van der Waals surface area contributed by atoms with Gasteiger partial charge in [-0.2, -0.15) is 4.98 Å². The van der Waals surface area contributed by atoms with Crippen LogP contribution in [0.3, 0.4) is 0 Å². The zero-order chi connectivity index (χ0) is 16.2. The predicted octanol–water partition coefficient (Wildman–Crippen LogP) is 3.14. The van der Waals surface area contributed by atoms with Crippen molar-refractivity contribution in [3.8, 4) is 16.3 Å². The number of benzene rings is 1. The zero-order valence-corrected chi connectivity index (χ0v) is 14.1. The summed E-state index contributed by atoms with van der Waals surface area (Å²) >= 11 is 1.62. The maximum atomic E-state index is 5.40. The molecule has 0 bridgehead atoms. The molecule has 0 spiro atoms. The molecular formula is C16H18N4O2S. The van der Waals surface area contributed by atoms with Gasteiger partial charge >= 0.3 is 0 Å². The molecule has 1 aromatic carbocycles. The van der Waals surface area contributed by atoms with Gasteiger partial charge in [-0.15, -0.1) is 11.3 Å². The highest BCUT2D eigenvalue weighted by Gasteiger charge is 2.12. The lowest BCUT2D eigenvalue weighted by molar-refractivity contribution is 0.298. The van der Waals surface area contributed by atoms with E-state index in [1.165, 1.54) is 0 Å². The molecule has 0 aliphatic heterocycles. The Hall–Kier alpha value is -2.25. The number of hydrogen-bond acceptors (Lipinski definition) is 7. The van der Waals surface area contributed by atoms with E-state index in [0.29, 0.717) is 18.3 Å². The maximum Gasteiger partial charge on any atom is 0.223 e. The van der Waals surface area contributed by atoms with Crippen LogP contribution >= 0.6 is 11.3 Å². The number of aryl methyl sites for hydroxylation is 1. The van der Waals surface area contributed by atoms with E-state index in [1.807, 2.05) is 31.3 Å². The van der Waals surface area contributed by atoms with Gasteiger partial charge in [0.2, 0.25) is 5.89 Å². The number of aromatic nitrogens is 3.